The molecule has 0 spiro atoms. The molecule has 0 radical (unpaired) electrons. The molecule has 0 aromatic heterocycles. The maximum absolute atomic E-state index is 5.58. The smallest absolute Gasteiger partial charge is 0.231 e. The van der Waals surface area contributed by atoms with Crippen molar-refractivity contribution in [3.8, 4) is 11.5 Å². The van der Waals surface area contributed by atoms with Crippen molar-refractivity contribution in [3.05, 3.63) is 23.3 Å². The fraction of sp³-hybridized carbons (Fsp3) is 0.571. The summed E-state index contributed by atoms with van der Waals surface area (Å²) in [6.45, 7) is 3.72. The minimum Gasteiger partial charge on any atom is -0.454 e. The van der Waals surface area contributed by atoms with Crippen molar-refractivity contribution in [1.82, 2.24) is 5.32 Å². The fourth-order valence-electron chi connectivity index (χ4n) is 2.85. The Labute approximate surface area is 102 Å². The Bertz CT molecular complexity index is 411. The van der Waals surface area contributed by atoms with Crippen molar-refractivity contribution < 1.29 is 9.47 Å². The second kappa shape index (κ2) is 4.57. The molecule has 1 N–H and O–H groups in total. The SMILES string of the molecule is CCc1c(CC2CCCN2)ccc2c1OCO2. The molecule has 1 atom stereocenters. The standard InChI is InChI=1S/C14H19NO2/c1-2-12-10(8-11-4-3-7-15-11)5-6-13-14(12)17-9-16-13/h5-6,11,15H,2-4,7-9H2,1H3. The third-order valence-corrected chi connectivity index (χ3v) is 3.72. The van der Waals surface area contributed by atoms with Gasteiger partial charge in [-0.1, -0.05) is 13.0 Å². The lowest BCUT2D eigenvalue weighted by molar-refractivity contribution is 0.173. The van der Waals surface area contributed by atoms with Crippen LogP contribution in [-0.4, -0.2) is 19.4 Å². The fourth-order valence-corrected chi connectivity index (χ4v) is 2.85. The molecule has 1 unspecified atom stereocenters. The van der Waals surface area contributed by atoms with E-state index in [-0.39, 0.29) is 0 Å². The first-order valence-corrected chi connectivity index (χ1v) is 6.52. The predicted octanol–water partition coefficient (Wildman–Crippen LogP) is 2.27. The van der Waals surface area contributed by atoms with Crippen LogP contribution in [0.25, 0.3) is 0 Å². The van der Waals surface area contributed by atoms with Crippen molar-refractivity contribution in [1.29, 1.82) is 0 Å². The molecule has 2 aliphatic rings. The first kappa shape index (κ1) is 10.9. The van der Waals surface area contributed by atoms with E-state index in [0.717, 1.165) is 30.9 Å². The molecule has 1 aromatic rings. The Hall–Kier alpha value is -1.22. The summed E-state index contributed by atoms with van der Waals surface area (Å²) in [5.74, 6) is 1.88. The van der Waals surface area contributed by atoms with E-state index in [4.69, 9.17) is 9.47 Å². The van der Waals surface area contributed by atoms with Gasteiger partial charge < -0.3 is 14.8 Å². The largest absolute Gasteiger partial charge is 0.454 e. The van der Waals surface area contributed by atoms with Gasteiger partial charge in [0.2, 0.25) is 6.79 Å². The summed E-state index contributed by atoms with van der Waals surface area (Å²) in [7, 11) is 0. The highest BCUT2D eigenvalue weighted by Gasteiger charge is 2.22. The van der Waals surface area contributed by atoms with Gasteiger partial charge in [-0.3, -0.25) is 0 Å². The summed E-state index contributed by atoms with van der Waals surface area (Å²) in [5.41, 5.74) is 2.74. The number of fused-ring (bicyclic) bond motifs is 1. The Morgan fingerprint density at radius 1 is 1.35 bits per heavy atom. The van der Waals surface area contributed by atoms with Gasteiger partial charge in [-0.05, 0) is 43.9 Å². The summed E-state index contributed by atoms with van der Waals surface area (Å²) < 4.78 is 11.0. The Morgan fingerprint density at radius 3 is 3.06 bits per heavy atom. The zero-order valence-corrected chi connectivity index (χ0v) is 10.3. The molecule has 1 aromatic carbocycles. The molecular formula is C14H19NO2. The molecule has 3 rings (SSSR count). The molecular weight excluding hydrogens is 214 g/mol. The average Bonchev–Trinajstić information content (AvgIpc) is 2.98. The van der Waals surface area contributed by atoms with Gasteiger partial charge in [-0.15, -0.1) is 0 Å². The van der Waals surface area contributed by atoms with E-state index in [1.165, 1.54) is 24.0 Å². The normalized spacial score (nSPS) is 22.1. The quantitative estimate of drug-likeness (QED) is 0.868. The minimum atomic E-state index is 0.369. The van der Waals surface area contributed by atoms with E-state index in [2.05, 4.69) is 18.3 Å². The highest BCUT2D eigenvalue weighted by Crippen LogP contribution is 2.38. The van der Waals surface area contributed by atoms with Crippen LogP contribution in [0.5, 0.6) is 11.5 Å². The molecule has 0 saturated carbocycles. The number of ether oxygens (including phenoxy) is 2. The monoisotopic (exact) mass is 233 g/mol. The van der Waals surface area contributed by atoms with Gasteiger partial charge >= 0.3 is 0 Å². The van der Waals surface area contributed by atoms with E-state index in [9.17, 15) is 0 Å². The summed E-state index contributed by atoms with van der Waals surface area (Å²) in [5, 5.41) is 3.55. The first-order valence-electron chi connectivity index (χ1n) is 6.52. The van der Waals surface area contributed by atoms with E-state index < -0.39 is 0 Å². The third kappa shape index (κ3) is 2.00. The molecule has 3 heteroatoms. The van der Waals surface area contributed by atoms with Gasteiger partial charge in [0.05, 0.1) is 0 Å². The summed E-state index contributed by atoms with van der Waals surface area (Å²) in [6.07, 6.45) is 4.71. The number of nitrogens with one attached hydrogen (secondary N) is 1. The molecule has 3 nitrogen and oxygen atoms in total. The van der Waals surface area contributed by atoms with E-state index >= 15 is 0 Å². The number of rotatable bonds is 3. The number of hydrogen-bond donors (Lipinski definition) is 1. The maximum Gasteiger partial charge on any atom is 0.231 e. The molecule has 1 fully saturated rings. The van der Waals surface area contributed by atoms with Crippen molar-refractivity contribution in [2.45, 2.75) is 38.6 Å². The molecule has 92 valence electrons. The predicted molar refractivity (Wildman–Crippen MR) is 66.7 cm³/mol. The van der Waals surface area contributed by atoms with E-state index in [1.807, 2.05) is 6.07 Å². The molecule has 2 aliphatic heterocycles. The van der Waals surface area contributed by atoms with Crippen LogP contribution in [0, 0.1) is 0 Å². The van der Waals surface area contributed by atoms with Crippen LogP contribution in [0.3, 0.4) is 0 Å². The molecule has 2 heterocycles. The van der Waals surface area contributed by atoms with Crippen LogP contribution in [-0.2, 0) is 12.8 Å². The Balaban J connectivity index is 1.88. The number of hydrogen-bond acceptors (Lipinski definition) is 3. The van der Waals surface area contributed by atoms with Gasteiger partial charge in [0.1, 0.15) is 0 Å². The van der Waals surface area contributed by atoms with Crippen molar-refractivity contribution >= 4 is 0 Å². The van der Waals surface area contributed by atoms with E-state index in [1.54, 1.807) is 0 Å². The highest BCUT2D eigenvalue weighted by molar-refractivity contribution is 5.52. The van der Waals surface area contributed by atoms with Crippen molar-refractivity contribution in [2.75, 3.05) is 13.3 Å². The molecule has 0 amide bonds. The highest BCUT2D eigenvalue weighted by atomic mass is 16.7. The van der Waals surface area contributed by atoms with Crippen LogP contribution < -0.4 is 14.8 Å². The van der Waals surface area contributed by atoms with Crippen LogP contribution in [0.15, 0.2) is 12.1 Å². The lowest BCUT2D eigenvalue weighted by atomic mass is 9.96. The van der Waals surface area contributed by atoms with Gasteiger partial charge in [0, 0.05) is 11.6 Å². The van der Waals surface area contributed by atoms with Crippen molar-refractivity contribution in [2.24, 2.45) is 0 Å². The Morgan fingerprint density at radius 2 is 2.29 bits per heavy atom. The minimum absolute atomic E-state index is 0.369. The Kier molecular flexibility index (Phi) is 2.93. The molecule has 0 aliphatic carbocycles. The van der Waals surface area contributed by atoms with Gasteiger partial charge in [-0.2, -0.15) is 0 Å². The molecule has 17 heavy (non-hydrogen) atoms. The third-order valence-electron chi connectivity index (χ3n) is 3.72. The average molecular weight is 233 g/mol. The van der Waals surface area contributed by atoms with Crippen molar-refractivity contribution in [3.63, 3.8) is 0 Å². The van der Waals surface area contributed by atoms with Crippen LogP contribution in [0.4, 0.5) is 0 Å². The first-order chi connectivity index (χ1) is 8.38. The molecule has 1 saturated heterocycles. The second-order valence-electron chi connectivity index (χ2n) is 4.79. The summed E-state index contributed by atoms with van der Waals surface area (Å²) >= 11 is 0. The van der Waals surface area contributed by atoms with Crippen LogP contribution >= 0.6 is 0 Å². The summed E-state index contributed by atoms with van der Waals surface area (Å²) in [4.78, 5) is 0. The zero-order valence-electron chi connectivity index (χ0n) is 10.3. The second-order valence-corrected chi connectivity index (χ2v) is 4.79. The zero-order chi connectivity index (χ0) is 11.7. The maximum atomic E-state index is 5.58. The molecule has 0 bridgehead atoms. The summed E-state index contributed by atoms with van der Waals surface area (Å²) in [6, 6.07) is 4.89. The topological polar surface area (TPSA) is 30.5 Å². The lowest BCUT2D eigenvalue weighted by Crippen LogP contribution is -2.24. The van der Waals surface area contributed by atoms with Gasteiger partial charge in [0.15, 0.2) is 11.5 Å². The van der Waals surface area contributed by atoms with Gasteiger partial charge in [0.25, 0.3) is 0 Å². The van der Waals surface area contributed by atoms with E-state index in [0.29, 0.717) is 12.8 Å². The van der Waals surface area contributed by atoms with Crippen LogP contribution in [0.2, 0.25) is 0 Å². The number of benzene rings is 1. The van der Waals surface area contributed by atoms with Gasteiger partial charge in [-0.25, -0.2) is 0 Å². The van der Waals surface area contributed by atoms with Crippen LogP contribution in [0.1, 0.15) is 30.9 Å². The lowest BCUT2D eigenvalue weighted by Gasteiger charge is -2.15.